The fourth-order valence-corrected chi connectivity index (χ4v) is 3.67. The van der Waals surface area contributed by atoms with Gasteiger partial charge in [-0.1, -0.05) is 18.2 Å². The summed E-state index contributed by atoms with van der Waals surface area (Å²) in [7, 11) is -2.91. The third kappa shape index (κ3) is 2.62. The zero-order chi connectivity index (χ0) is 14.2. The lowest BCUT2D eigenvalue weighted by Crippen LogP contribution is -2.42. The summed E-state index contributed by atoms with van der Waals surface area (Å²) in [5.41, 5.74) is 1.26. The van der Waals surface area contributed by atoms with E-state index in [1.54, 1.807) is 0 Å². The molecular formula is C14H15NO4S. The van der Waals surface area contributed by atoms with Crippen LogP contribution in [0.2, 0.25) is 0 Å². The number of furan rings is 1. The first-order valence-electron chi connectivity index (χ1n) is 6.47. The Balaban J connectivity index is 1.74. The SMILES string of the molecule is O=C(CN1CCS(=O)(=O)CC1)c1coc2ccccc12. The number of ketones is 1. The standard InChI is InChI=1S/C14H15NO4S/c16-13(9-15-5-7-20(17,18)8-6-15)12-10-19-14-4-2-1-3-11(12)14/h1-4,10H,5-9H2. The van der Waals surface area contributed by atoms with Crippen molar-refractivity contribution in [3.8, 4) is 0 Å². The van der Waals surface area contributed by atoms with Crippen LogP contribution in [0.4, 0.5) is 0 Å². The van der Waals surface area contributed by atoms with Gasteiger partial charge in [0, 0.05) is 18.5 Å². The Bertz CT molecular complexity index is 733. The summed E-state index contributed by atoms with van der Waals surface area (Å²) in [6, 6.07) is 7.39. The fraction of sp³-hybridized carbons (Fsp3) is 0.357. The number of para-hydroxylation sites is 1. The summed E-state index contributed by atoms with van der Waals surface area (Å²) in [4.78, 5) is 14.2. The molecule has 0 radical (unpaired) electrons. The predicted molar refractivity (Wildman–Crippen MR) is 75.6 cm³/mol. The molecule has 0 bridgehead atoms. The molecular weight excluding hydrogens is 278 g/mol. The van der Waals surface area contributed by atoms with Crippen molar-refractivity contribution < 1.29 is 17.6 Å². The van der Waals surface area contributed by atoms with E-state index in [0.29, 0.717) is 24.2 Å². The summed E-state index contributed by atoms with van der Waals surface area (Å²) in [6.45, 7) is 1.08. The molecule has 1 aromatic heterocycles. The quantitative estimate of drug-likeness (QED) is 0.799. The van der Waals surface area contributed by atoms with Crippen molar-refractivity contribution in [2.45, 2.75) is 0 Å². The molecule has 1 aromatic carbocycles. The molecule has 6 heteroatoms. The molecule has 0 atom stereocenters. The highest BCUT2D eigenvalue weighted by Gasteiger charge is 2.24. The number of fused-ring (bicyclic) bond motifs is 1. The summed E-state index contributed by atoms with van der Waals surface area (Å²) in [5, 5.41) is 0.808. The van der Waals surface area contributed by atoms with Gasteiger partial charge in [0.05, 0.1) is 23.6 Å². The van der Waals surface area contributed by atoms with E-state index in [1.807, 2.05) is 29.2 Å². The molecule has 0 unspecified atom stereocenters. The van der Waals surface area contributed by atoms with Crippen LogP contribution >= 0.6 is 0 Å². The van der Waals surface area contributed by atoms with E-state index < -0.39 is 9.84 Å². The monoisotopic (exact) mass is 293 g/mol. The zero-order valence-electron chi connectivity index (χ0n) is 10.9. The molecule has 1 aliphatic rings. The van der Waals surface area contributed by atoms with Crippen molar-refractivity contribution in [3.05, 3.63) is 36.1 Å². The van der Waals surface area contributed by atoms with E-state index in [2.05, 4.69) is 0 Å². The van der Waals surface area contributed by atoms with Gasteiger partial charge >= 0.3 is 0 Å². The van der Waals surface area contributed by atoms with E-state index in [1.165, 1.54) is 6.26 Å². The van der Waals surface area contributed by atoms with E-state index in [4.69, 9.17) is 4.42 Å². The summed E-state index contributed by atoms with van der Waals surface area (Å²) < 4.78 is 28.1. The Morgan fingerprint density at radius 2 is 1.90 bits per heavy atom. The van der Waals surface area contributed by atoms with Crippen molar-refractivity contribution >= 4 is 26.6 Å². The largest absolute Gasteiger partial charge is 0.464 e. The highest BCUT2D eigenvalue weighted by molar-refractivity contribution is 7.91. The topological polar surface area (TPSA) is 67.6 Å². The normalized spacial score (nSPS) is 19.2. The van der Waals surface area contributed by atoms with Gasteiger partial charge in [-0.3, -0.25) is 9.69 Å². The Morgan fingerprint density at radius 1 is 1.20 bits per heavy atom. The number of sulfone groups is 1. The maximum absolute atomic E-state index is 12.3. The molecule has 2 aromatic rings. The molecule has 1 fully saturated rings. The Kier molecular flexibility index (Phi) is 3.35. The maximum atomic E-state index is 12.3. The minimum atomic E-state index is -2.91. The number of carbonyl (C=O) groups is 1. The smallest absolute Gasteiger partial charge is 0.180 e. The molecule has 2 heterocycles. The number of benzene rings is 1. The molecule has 5 nitrogen and oxygen atoms in total. The maximum Gasteiger partial charge on any atom is 0.180 e. The van der Waals surface area contributed by atoms with Crippen molar-refractivity contribution in [2.24, 2.45) is 0 Å². The van der Waals surface area contributed by atoms with Gasteiger partial charge in [-0.15, -0.1) is 0 Å². The Morgan fingerprint density at radius 3 is 2.65 bits per heavy atom. The summed E-state index contributed by atoms with van der Waals surface area (Å²) >= 11 is 0. The van der Waals surface area contributed by atoms with Crippen molar-refractivity contribution in [3.63, 3.8) is 0 Å². The first-order valence-corrected chi connectivity index (χ1v) is 8.29. The van der Waals surface area contributed by atoms with Crippen LogP contribution in [0.5, 0.6) is 0 Å². The lowest BCUT2D eigenvalue weighted by atomic mass is 10.1. The van der Waals surface area contributed by atoms with Crippen molar-refractivity contribution in [1.29, 1.82) is 0 Å². The molecule has 1 aliphatic heterocycles. The highest BCUT2D eigenvalue weighted by Crippen LogP contribution is 2.21. The predicted octanol–water partition coefficient (Wildman–Crippen LogP) is 1.35. The van der Waals surface area contributed by atoms with Crippen LogP contribution in [0.25, 0.3) is 11.0 Å². The average Bonchev–Trinajstić information content (AvgIpc) is 2.85. The fourth-order valence-electron chi connectivity index (χ4n) is 2.39. The van der Waals surface area contributed by atoms with E-state index in [-0.39, 0.29) is 23.8 Å². The van der Waals surface area contributed by atoms with Crippen LogP contribution in [0.1, 0.15) is 10.4 Å². The van der Waals surface area contributed by atoms with Crippen LogP contribution in [-0.4, -0.2) is 50.2 Å². The number of hydrogen-bond acceptors (Lipinski definition) is 5. The molecule has 0 amide bonds. The molecule has 106 valence electrons. The second kappa shape index (κ2) is 5.03. The van der Waals surface area contributed by atoms with Gasteiger partial charge in [0.2, 0.25) is 0 Å². The number of hydrogen-bond donors (Lipinski definition) is 0. The van der Waals surface area contributed by atoms with Crippen LogP contribution < -0.4 is 0 Å². The van der Waals surface area contributed by atoms with Gasteiger partial charge in [0.15, 0.2) is 15.6 Å². The lowest BCUT2D eigenvalue weighted by Gasteiger charge is -2.25. The molecule has 20 heavy (non-hydrogen) atoms. The van der Waals surface area contributed by atoms with Gasteiger partial charge in [-0.25, -0.2) is 8.42 Å². The molecule has 0 saturated carbocycles. The van der Waals surface area contributed by atoms with Gasteiger partial charge < -0.3 is 4.42 Å². The van der Waals surface area contributed by atoms with Crippen molar-refractivity contribution in [1.82, 2.24) is 4.90 Å². The molecule has 3 rings (SSSR count). The first kappa shape index (κ1) is 13.3. The lowest BCUT2D eigenvalue weighted by molar-refractivity contribution is 0.0936. The van der Waals surface area contributed by atoms with Gasteiger partial charge in [0.25, 0.3) is 0 Å². The Labute approximate surface area is 117 Å². The summed E-state index contributed by atoms with van der Waals surface area (Å²) in [6.07, 6.45) is 1.48. The average molecular weight is 293 g/mol. The second-order valence-corrected chi connectivity index (χ2v) is 7.30. The van der Waals surface area contributed by atoms with Crippen LogP contribution in [0.3, 0.4) is 0 Å². The van der Waals surface area contributed by atoms with Crippen LogP contribution in [0.15, 0.2) is 34.9 Å². The highest BCUT2D eigenvalue weighted by atomic mass is 32.2. The third-order valence-corrected chi connectivity index (χ3v) is 5.19. The molecule has 0 aliphatic carbocycles. The van der Waals surface area contributed by atoms with E-state index in [9.17, 15) is 13.2 Å². The van der Waals surface area contributed by atoms with Crippen molar-refractivity contribution in [2.75, 3.05) is 31.1 Å². The van der Waals surface area contributed by atoms with E-state index in [0.717, 1.165) is 5.39 Å². The zero-order valence-corrected chi connectivity index (χ0v) is 11.7. The Hall–Kier alpha value is -1.66. The van der Waals surface area contributed by atoms with Crippen LogP contribution in [0, 0.1) is 0 Å². The first-order chi connectivity index (χ1) is 9.55. The summed E-state index contributed by atoms with van der Waals surface area (Å²) in [5.74, 6) is 0.230. The number of nitrogens with zero attached hydrogens (tertiary/aromatic N) is 1. The molecule has 1 saturated heterocycles. The minimum Gasteiger partial charge on any atom is -0.464 e. The molecule has 0 spiro atoms. The van der Waals surface area contributed by atoms with Gasteiger partial charge in [0.1, 0.15) is 11.8 Å². The third-order valence-electron chi connectivity index (χ3n) is 3.59. The second-order valence-electron chi connectivity index (χ2n) is 5.00. The molecule has 0 N–H and O–H groups in total. The van der Waals surface area contributed by atoms with Gasteiger partial charge in [-0.2, -0.15) is 0 Å². The van der Waals surface area contributed by atoms with E-state index >= 15 is 0 Å². The van der Waals surface area contributed by atoms with Crippen LogP contribution in [-0.2, 0) is 9.84 Å². The minimum absolute atomic E-state index is 0.0331. The number of carbonyl (C=O) groups excluding carboxylic acids is 1. The van der Waals surface area contributed by atoms with Gasteiger partial charge in [-0.05, 0) is 6.07 Å². The number of Topliss-reactive ketones (excluding diaryl/α,β-unsaturated/α-hetero) is 1. The number of rotatable bonds is 3.